The van der Waals surface area contributed by atoms with Gasteiger partial charge in [-0.1, -0.05) is 60.1 Å². The molecule has 0 fully saturated rings. The van der Waals surface area contributed by atoms with Crippen LogP contribution in [0.25, 0.3) is 16.7 Å². The Morgan fingerprint density at radius 3 is 2.21 bits per heavy atom. The first-order valence-corrected chi connectivity index (χ1v) is 10.0. The van der Waals surface area contributed by atoms with Crippen molar-refractivity contribution in [2.24, 2.45) is 0 Å². The van der Waals surface area contributed by atoms with Gasteiger partial charge in [0.2, 0.25) is 0 Å². The molecule has 3 nitrogen and oxygen atoms in total. The molecule has 1 aliphatic carbocycles. The summed E-state index contributed by atoms with van der Waals surface area (Å²) in [4.78, 5) is 13.0. The molecule has 0 aromatic heterocycles. The summed E-state index contributed by atoms with van der Waals surface area (Å²) in [6, 6.07) is 21.7. The summed E-state index contributed by atoms with van der Waals surface area (Å²) in [6.07, 6.45) is 1.22. The number of amides is 1. The molecule has 0 atom stereocenters. The summed E-state index contributed by atoms with van der Waals surface area (Å²) >= 11 is 6.01. The molecule has 1 spiro atoms. The molecule has 2 N–H and O–H groups in total. The predicted molar refractivity (Wildman–Crippen MR) is 116 cm³/mol. The third-order valence-electron chi connectivity index (χ3n) is 6.06. The number of aliphatic hydroxyl groups is 1. The van der Waals surface area contributed by atoms with E-state index in [-0.39, 0.29) is 11.7 Å². The van der Waals surface area contributed by atoms with E-state index in [2.05, 4.69) is 17.4 Å². The van der Waals surface area contributed by atoms with Crippen LogP contribution in [0.4, 0.5) is 0 Å². The molecule has 29 heavy (non-hydrogen) atoms. The number of nitrogens with one attached hydrogen (secondary N) is 1. The third-order valence-corrected chi connectivity index (χ3v) is 6.31. The first kappa shape index (κ1) is 18.0. The number of hydrogen-bond donors (Lipinski definition) is 2. The van der Waals surface area contributed by atoms with Gasteiger partial charge in [0.05, 0.1) is 5.57 Å². The van der Waals surface area contributed by atoms with Crippen molar-refractivity contribution in [3.05, 3.63) is 99.8 Å². The van der Waals surface area contributed by atoms with Crippen LogP contribution in [0.2, 0.25) is 5.02 Å². The number of fused-ring (bicyclic) bond motifs is 1. The van der Waals surface area contributed by atoms with E-state index in [0.717, 1.165) is 22.3 Å². The van der Waals surface area contributed by atoms with Crippen molar-refractivity contribution in [3.8, 4) is 11.1 Å². The smallest absolute Gasteiger partial charge is 0.256 e. The zero-order valence-corrected chi connectivity index (χ0v) is 16.8. The number of carbonyl (C=O) groups excluding carboxylic acids is 1. The summed E-state index contributed by atoms with van der Waals surface area (Å²) in [7, 11) is 0. The van der Waals surface area contributed by atoms with Crippen LogP contribution in [0.1, 0.15) is 22.3 Å². The van der Waals surface area contributed by atoms with Crippen LogP contribution in [0.15, 0.2) is 72.5 Å². The van der Waals surface area contributed by atoms with Gasteiger partial charge in [-0.05, 0) is 58.5 Å². The number of aliphatic hydroxyl groups excluding tert-OH is 1. The topological polar surface area (TPSA) is 49.3 Å². The van der Waals surface area contributed by atoms with Crippen LogP contribution in [-0.2, 0) is 17.6 Å². The van der Waals surface area contributed by atoms with Crippen molar-refractivity contribution in [3.63, 3.8) is 0 Å². The maximum atomic E-state index is 13.0. The molecule has 0 radical (unpaired) electrons. The highest BCUT2D eigenvalue weighted by Gasteiger charge is 2.49. The van der Waals surface area contributed by atoms with Gasteiger partial charge in [0.25, 0.3) is 5.91 Å². The molecular formula is C25H20ClNO2. The average molecular weight is 402 g/mol. The molecule has 1 heterocycles. The fraction of sp³-hybridized carbons (Fsp3) is 0.160. The summed E-state index contributed by atoms with van der Waals surface area (Å²) in [5.74, 6) is -0.0679. The second kappa shape index (κ2) is 6.50. The highest BCUT2D eigenvalue weighted by atomic mass is 35.5. The van der Waals surface area contributed by atoms with E-state index in [1.165, 1.54) is 11.1 Å². The SMILES string of the molecule is Cc1ccc(-c2ccc(Cl)cc2)cc1C1=C(O)C2(Cc3ccccc3C2)NC1=O. The maximum Gasteiger partial charge on any atom is 0.256 e. The lowest BCUT2D eigenvalue weighted by molar-refractivity contribution is -0.116. The van der Waals surface area contributed by atoms with Gasteiger partial charge in [0.15, 0.2) is 0 Å². The number of rotatable bonds is 2. The predicted octanol–water partition coefficient (Wildman–Crippen LogP) is 5.25. The van der Waals surface area contributed by atoms with Gasteiger partial charge >= 0.3 is 0 Å². The van der Waals surface area contributed by atoms with E-state index in [0.29, 0.717) is 23.4 Å². The normalized spacial score (nSPS) is 17.0. The summed E-state index contributed by atoms with van der Waals surface area (Å²) in [5.41, 5.74) is 5.69. The van der Waals surface area contributed by atoms with Crippen LogP contribution in [0.5, 0.6) is 0 Å². The van der Waals surface area contributed by atoms with Crippen LogP contribution < -0.4 is 5.32 Å². The fourth-order valence-corrected chi connectivity index (χ4v) is 4.65. The lowest BCUT2D eigenvalue weighted by Gasteiger charge is -2.23. The average Bonchev–Trinajstić information content (AvgIpc) is 3.19. The molecule has 3 aromatic carbocycles. The van der Waals surface area contributed by atoms with Crippen molar-refractivity contribution in [1.29, 1.82) is 0 Å². The third kappa shape index (κ3) is 2.85. The molecule has 0 saturated heterocycles. The Morgan fingerprint density at radius 1 is 0.931 bits per heavy atom. The number of halogens is 1. The summed E-state index contributed by atoms with van der Waals surface area (Å²) in [5, 5.41) is 15.0. The van der Waals surface area contributed by atoms with Gasteiger partial charge in [0.1, 0.15) is 11.3 Å². The second-order valence-electron chi connectivity index (χ2n) is 7.92. The zero-order valence-electron chi connectivity index (χ0n) is 16.0. The molecule has 0 unspecified atom stereocenters. The molecule has 144 valence electrons. The summed E-state index contributed by atoms with van der Waals surface area (Å²) in [6.45, 7) is 1.96. The molecule has 5 rings (SSSR count). The number of aryl methyl sites for hydroxylation is 1. The molecular weight excluding hydrogens is 382 g/mol. The van der Waals surface area contributed by atoms with E-state index >= 15 is 0 Å². The lowest BCUT2D eigenvalue weighted by atomic mass is 9.90. The highest BCUT2D eigenvalue weighted by molar-refractivity contribution is 6.30. The molecule has 1 amide bonds. The van der Waals surface area contributed by atoms with Crippen LogP contribution in [-0.4, -0.2) is 16.6 Å². The number of carbonyl (C=O) groups is 1. The minimum absolute atomic E-state index is 0.148. The largest absolute Gasteiger partial charge is 0.509 e. The minimum atomic E-state index is -0.737. The monoisotopic (exact) mass is 401 g/mol. The van der Waals surface area contributed by atoms with E-state index in [4.69, 9.17) is 11.6 Å². The van der Waals surface area contributed by atoms with Crippen LogP contribution in [0, 0.1) is 6.92 Å². The molecule has 4 heteroatoms. The molecule has 3 aromatic rings. The highest BCUT2D eigenvalue weighted by Crippen LogP contribution is 2.42. The van der Waals surface area contributed by atoms with E-state index in [9.17, 15) is 9.90 Å². The fourth-order valence-electron chi connectivity index (χ4n) is 4.52. The van der Waals surface area contributed by atoms with Crippen molar-refractivity contribution < 1.29 is 9.90 Å². The molecule has 0 saturated carbocycles. The van der Waals surface area contributed by atoms with Crippen molar-refractivity contribution >= 4 is 23.1 Å². The van der Waals surface area contributed by atoms with Gasteiger partial charge in [0, 0.05) is 17.9 Å². The Balaban J connectivity index is 1.60. The van der Waals surface area contributed by atoms with Crippen molar-refractivity contribution in [2.75, 3.05) is 0 Å². The van der Waals surface area contributed by atoms with Gasteiger partial charge in [-0.3, -0.25) is 4.79 Å². The second-order valence-corrected chi connectivity index (χ2v) is 8.36. The Morgan fingerprint density at radius 2 is 1.55 bits per heavy atom. The zero-order chi connectivity index (χ0) is 20.2. The van der Waals surface area contributed by atoms with Gasteiger partial charge in [-0.25, -0.2) is 0 Å². The quantitative estimate of drug-likeness (QED) is 0.616. The molecule has 1 aliphatic heterocycles. The number of hydrogen-bond acceptors (Lipinski definition) is 2. The first-order chi connectivity index (χ1) is 14.0. The van der Waals surface area contributed by atoms with E-state index in [1.54, 1.807) is 0 Å². The Hall–Kier alpha value is -3.04. The van der Waals surface area contributed by atoms with Crippen LogP contribution >= 0.6 is 11.6 Å². The van der Waals surface area contributed by atoms with E-state index < -0.39 is 5.54 Å². The van der Waals surface area contributed by atoms with Crippen molar-refractivity contribution in [1.82, 2.24) is 5.32 Å². The Kier molecular flexibility index (Phi) is 4.04. The lowest BCUT2D eigenvalue weighted by Crippen LogP contribution is -2.45. The first-order valence-electron chi connectivity index (χ1n) is 9.67. The maximum absolute atomic E-state index is 13.0. The van der Waals surface area contributed by atoms with Gasteiger partial charge in [-0.15, -0.1) is 0 Å². The molecule has 0 bridgehead atoms. The van der Waals surface area contributed by atoms with Gasteiger partial charge in [-0.2, -0.15) is 0 Å². The van der Waals surface area contributed by atoms with Gasteiger partial charge < -0.3 is 10.4 Å². The van der Waals surface area contributed by atoms with Crippen molar-refractivity contribution in [2.45, 2.75) is 25.3 Å². The standard InChI is InChI=1S/C25H20ClNO2/c1-15-6-7-17(16-8-10-20(26)11-9-16)12-21(15)22-23(28)25(27-24(22)29)13-18-4-2-3-5-19(18)14-25/h2-12,28H,13-14H2,1H3,(H,27,29). The van der Waals surface area contributed by atoms with Crippen LogP contribution in [0.3, 0.4) is 0 Å². The minimum Gasteiger partial charge on any atom is -0.509 e. The Labute approximate surface area is 174 Å². The number of benzene rings is 3. The summed E-state index contributed by atoms with van der Waals surface area (Å²) < 4.78 is 0. The molecule has 2 aliphatic rings. The van der Waals surface area contributed by atoms with E-state index in [1.807, 2.05) is 61.5 Å². The Bertz CT molecular complexity index is 1150.